The molecule has 0 fully saturated rings. The van der Waals surface area contributed by atoms with Crippen molar-refractivity contribution in [2.24, 2.45) is 0 Å². The van der Waals surface area contributed by atoms with E-state index >= 15 is 0 Å². The van der Waals surface area contributed by atoms with Crippen LogP contribution >= 0.6 is 0 Å². The summed E-state index contributed by atoms with van der Waals surface area (Å²) in [7, 11) is -3.59. The van der Waals surface area contributed by atoms with E-state index in [-0.39, 0.29) is 4.90 Å². The standard InChI is InChI=1S/C13H15N3O2S/c1-2-16(12-7-5-11(14)6-8-12)19(17,18)13-4-3-9-15-10-13/h3-10H,2,14H2,1H3. The molecule has 6 heteroatoms. The number of pyridine rings is 1. The molecule has 100 valence electrons. The van der Waals surface area contributed by atoms with E-state index in [1.54, 1.807) is 43.5 Å². The summed E-state index contributed by atoms with van der Waals surface area (Å²) in [6.45, 7) is 2.12. The van der Waals surface area contributed by atoms with Gasteiger partial charge in [0, 0.05) is 24.6 Å². The lowest BCUT2D eigenvalue weighted by molar-refractivity contribution is 0.591. The second kappa shape index (κ2) is 5.27. The van der Waals surface area contributed by atoms with Crippen LogP contribution in [0.2, 0.25) is 0 Å². The number of aromatic nitrogens is 1. The minimum Gasteiger partial charge on any atom is -0.399 e. The SMILES string of the molecule is CCN(c1ccc(N)cc1)S(=O)(=O)c1cccnc1. The van der Waals surface area contributed by atoms with Crippen molar-refractivity contribution in [3.05, 3.63) is 48.8 Å². The molecule has 0 aliphatic carbocycles. The maximum atomic E-state index is 12.5. The lowest BCUT2D eigenvalue weighted by Crippen LogP contribution is -2.30. The van der Waals surface area contributed by atoms with Crippen LogP contribution in [0.25, 0.3) is 0 Å². The van der Waals surface area contributed by atoms with Gasteiger partial charge in [0.15, 0.2) is 0 Å². The fourth-order valence-corrected chi connectivity index (χ4v) is 3.20. The summed E-state index contributed by atoms with van der Waals surface area (Å²) in [5, 5.41) is 0. The van der Waals surface area contributed by atoms with E-state index in [2.05, 4.69) is 4.98 Å². The molecule has 0 bridgehead atoms. The molecule has 1 heterocycles. The predicted molar refractivity (Wildman–Crippen MR) is 75.3 cm³/mol. The predicted octanol–water partition coefficient (Wildman–Crippen LogP) is 1.88. The average Bonchev–Trinajstić information content (AvgIpc) is 2.42. The highest BCUT2D eigenvalue weighted by atomic mass is 32.2. The molecule has 0 amide bonds. The quantitative estimate of drug-likeness (QED) is 0.866. The number of hydrogen-bond acceptors (Lipinski definition) is 4. The van der Waals surface area contributed by atoms with Gasteiger partial charge in [-0.2, -0.15) is 0 Å². The molecule has 0 saturated heterocycles. The lowest BCUT2D eigenvalue weighted by Gasteiger charge is -2.22. The first-order valence-electron chi connectivity index (χ1n) is 5.84. The van der Waals surface area contributed by atoms with Crippen LogP contribution in [-0.4, -0.2) is 19.9 Å². The van der Waals surface area contributed by atoms with E-state index in [4.69, 9.17) is 5.73 Å². The van der Waals surface area contributed by atoms with Crippen LogP contribution in [0.15, 0.2) is 53.7 Å². The second-order valence-corrected chi connectivity index (χ2v) is 5.81. The Morgan fingerprint density at radius 3 is 2.42 bits per heavy atom. The normalized spacial score (nSPS) is 11.2. The molecule has 19 heavy (non-hydrogen) atoms. The Balaban J connectivity index is 2.45. The van der Waals surface area contributed by atoms with Crippen molar-refractivity contribution >= 4 is 21.4 Å². The smallest absolute Gasteiger partial charge is 0.265 e. The Bertz CT molecular complexity index is 639. The molecule has 0 aliphatic rings. The Labute approximate surface area is 112 Å². The summed E-state index contributed by atoms with van der Waals surface area (Å²) in [6, 6.07) is 9.86. The zero-order chi connectivity index (χ0) is 13.9. The molecule has 2 N–H and O–H groups in total. The van der Waals surface area contributed by atoms with Gasteiger partial charge in [0.1, 0.15) is 4.90 Å². The molecule has 0 unspecified atom stereocenters. The van der Waals surface area contributed by atoms with Crippen molar-refractivity contribution in [2.75, 3.05) is 16.6 Å². The lowest BCUT2D eigenvalue weighted by atomic mass is 10.3. The molecule has 0 radical (unpaired) electrons. The summed E-state index contributed by atoms with van der Waals surface area (Å²) < 4.78 is 26.3. The van der Waals surface area contributed by atoms with E-state index in [0.717, 1.165) is 0 Å². The van der Waals surface area contributed by atoms with Crippen LogP contribution < -0.4 is 10.0 Å². The van der Waals surface area contributed by atoms with Gasteiger partial charge < -0.3 is 5.73 Å². The van der Waals surface area contributed by atoms with Crippen molar-refractivity contribution in [3.8, 4) is 0 Å². The molecule has 0 spiro atoms. The number of rotatable bonds is 4. The van der Waals surface area contributed by atoms with Crippen LogP contribution in [0.3, 0.4) is 0 Å². The Kier molecular flexibility index (Phi) is 3.71. The highest BCUT2D eigenvalue weighted by molar-refractivity contribution is 7.92. The van der Waals surface area contributed by atoms with Crippen molar-refractivity contribution in [3.63, 3.8) is 0 Å². The van der Waals surface area contributed by atoms with E-state index in [9.17, 15) is 8.42 Å². The zero-order valence-corrected chi connectivity index (χ0v) is 11.3. The third kappa shape index (κ3) is 2.68. The number of benzene rings is 1. The summed E-state index contributed by atoms with van der Waals surface area (Å²) in [4.78, 5) is 4.02. The van der Waals surface area contributed by atoms with Gasteiger partial charge in [0.25, 0.3) is 10.0 Å². The third-order valence-corrected chi connectivity index (χ3v) is 4.58. The molecule has 2 rings (SSSR count). The summed E-state index contributed by atoms with van der Waals surface area (Å²) in [6.07, 6.45) is 2.88. The first-order chi connectivity index (χ1) is 9.05. The number of hydrogen-bond donors (Lipinski definition) is 1. The van der Waals surface area contributed by atoms with Crippen molar-refractivity contribution in [1.29, 1.82) is 0 Å². The van der Waals surface area contributed by atoms with Gasteiger partial charge in [-0.25, -0.2) is 8.42 Å². The van der Waals surface area contributed by atoms with Crippen molar-refractivity contribution in [1.82, 2.24) is 4.98 Å². The fourth-order valence-electron chi connectivity index (χ4n) is 1.76. The molecule has 1 aromatic carbocycles. The summed E-state index contributed by atoms with van der Waals surface area (Å²) in [5.41, 5.74) is 6.79. The van der Waals surface area contributed by atoms with Crippen molar-refractivity contribution < 1.29 is 8.42 Å². The van der Waals surface area contributed by atoms with Crippen LogP contribution in [0, 0.1) is 0 Å². The number of nitrogen functional groups attached to an aromatic ring is 1. The molecular weight excluding hydrogens is 262 g/mol. The fraction of sp³-hybridized carbons (Fsp3) is 0.154. The first kappa shape index (κ1) is 13.4. The molecule has 0 saturated carbocycles. The average molecular weight is 277 g/mol. The first-order valence-corrected chi connectivity index (χ1v) is 7.28. The molecular formula is C13H15N3O2S. The van der Waals surface area contributed by atoms with Crippen LogP contribution in [0.4, 0.5) is 11.4 Å². The van der Waals surface area contributed by atoms with Crippen LogP contribution in [0.5, 0.6) is 0 Å². The largest absolute Gasteiger partial charge is 0.399 e. The Hall–Kier alpha value is -2.08. The van der Waals surface area contributed by atoms with Gasteiger partial charge in [-0.3, -0.25) is 9.29 Å². The third-order valence-electron chi connectivity index (χ3n) is 2.69. The van der Waals surface area contributed by atoms with Crippen LogP contribution in [0.1, 0.15) is 6.92 Å². The minimum atomic E-state index is -3.59. The van der Waals surface area contributed by atoms with Gasteiger partial charge in [-0.1, -0.05) is 0 Å². The van der Waals surface area contributed by atoms with E-state index in [1.807, 2.05) is 0 Å². The Morgan fingerprint density at radius 2 is 1.89 bits per heavy atom. The molecule has 0 aliphatic heterocycles. The second-order valence-electron chi connectivity index (χ2n) is 3.95. The molecule has 1 aromatic heterocycles. The van der Waals surface area contributed by atoms with Gasteiger partial charge in [0.05, 0.1) is 5.69 Å². The Morgan fingerprint density at radius 1 is 1.21 bits per heavy atom. The van der Waals surface area contributed by atoms with Gasteiger partial charge in [-0.05, 0) is 43.3 Å². The monoisotopic (exact) mass is 277 g/mol. The maximum Gasteiger partial charge on any atom is 0.265 e. The minimum absolute atomic E-state index is 0.175. The maximum absolute atomic E-state index is 12.5. The molecule has 0 atom stereocenters. The molecule has 2 aromatic rings. The van der Waals surface area contributed by atoms with Gasteiger partial charge >= 0.3 is 0 Å². The highest BCUT2D eigenvalue weighted by Crippen LogP contribution is 2.23. The van der Waals surface area contributed by atoms with Crippen molar-refractivity contribution in [2.45, 2.75) is 11.8 Å². The zero-order valence-electron chi connectivity index (χ0n) is 10.5. The van der Waals surface area contributed by atoms with E-state index in [1.165, 1.54) is 16.6 Å². The topological polar surface area (TPSA) is 76.3 Å². The summed E-state index contributed by atoms with van der Waals surface area (Å²) >= 11 is 0. The molecule has 5 nitrogen and oxygen atoms in total. The van der Waals surface area contributed by atoms with E-state index < -0.39 is 10.0 Å². The van der Waals surface area contributed by atoms with Gasteiger partial charge in [0.2, 0.25) is 0 Å². The number of sulfonamides is 1. The number of nitrogens with two attached hydrogens (primary N) is 1. The number of anilines is 2. The van der Waals surface area contributed by atoms with E-state index in [0.29, 0.717) is 17.9 Å². The van der Waals surface area contributed by atoms with Gasteiger partial charge in [-0.15, -0.1) is 0 Å². The number of nitrogens with zero attached hydrogens (tertiary/aromatic N) is 2. The van der Waals surface area contributed by atoms with Crippen LogP contribution in [-0.2, 0) is 10.0 Å². The highest BCUT2D eigenvalue weighted by Gasteiger charge is 2.23. The summed E-state index contributed by atoms with van der Waals surface area (Å²) in [5.74, 6) is 0.